The number of rotatable bonds is 2. The van der Waals surface area contributed by atoms with Crippen molar-refractivity contribution in [2.75, 3.05) is 6.54 Å². The van der Waals surface area contributed by atoms with Crippen LogP contribution in [0.5, 0.6) is 0 Å². The summed E-state index contributed by atoms with van der Waals surface area (Å²) in [5, 5.41) is 8.53. The summed E-state index contributed by atoms with van der Waals surface area (Å²) in [6, 6.07) is 5.40. The van der Waals surface area contributed by atoms with Crippen LogP contribution < -0.4 is 5.32 Å². The SMILES string of the molecule is CC1(C)CCCNC1c1nc(-c2ccc(Cl)c(Cl)c2)no1. The van der Waals surface area contributed by atoms with Gasteiger partial charge in [-0.3, -0.25) is 0 Å². The lowest BCUT2D eigenvalue weighted by atomic mass is 9.77. The molecule has 1 aliphatic heterocycles. The number of nitrogens with one attached hydrogen (secondary N) is 1. The molecule has 3 rings (SSSR count). The van der Waals surface area contributed by atoms with Gasteiger partial charge in [0, 0.05) is 5.56 Å². The van der Waals surface area contributed by atoms with Crippen molar-refractivity contribution in [2.45, 2.75) is 32.7 Å². The summed E-state index contributed by atoms with van der Waals surface area (Å²) in [6.45, 7) is 5.40. The van der Waals surface area contributed by atoms with E-state index >= 15 is 0 Å². The van der Waals surface area contributed by atoms with E-state index in [1.54, 1.807) is 12.1 Å². The molecule has 1 aromatic carbocycles. The van der Waals surface area contributed by atoms with Crippen molar-refractivity contribution < 1.29 is 4.52 Å². The zero-order valence-electron chi connectivity index (χ0n) is 12.0. The fraction of sp³-hybridized carbons (Fsp3) is 0.467. The molecule has 0 saturated carbocycles. The van der Waals surface area contributed by atoms with E-state index < -0.39 is 0 Å². The highest BCUT2D eigenvalue weighted by molar-refractivity contribution is 6.42. The van der Waals surface area contributed by atoms with Crippen LogP contribution in [0.3, 0.4) is 0 Å². The highest BCUT2D eigenvalue weighted by atomic mass is 35.5. The molecule has 1 aromatic heterocycles. The molecule has 1 aliphatic rings. The van der Waals surface area contributed by atoms with E-state index in [2.05, 4.69) is 29.3 Å². The second kappa shape index (κ2) is 5.59. The maximum Gasteiger partial charge on any atom is 0.244 e. The Labute approximate surface area is 133 Å². The molecular weight excluding hydrogens is 309 g/mol. The third-order valence-electron chi connectivity index (χ3n) is 3.99. The molecule has 6 heteroatoms. The van der Waals surface area contributed by atoms with Crippen LogP contribution in [0.2, 0.25) is 10.0 Å². The molecule has 112 valence electrons. The number of nitrogens with zero attached hydrogens (tertiary/aromatic N) is 2. The largest absolute Gasteiger partial charge is 0.337 e. The molecule has 0 amide bonds. The summed E-state index contributed by atoms with van der Waals surface area (Å²) >= 11 is 12.0. The average molecular weight is 326 g/mol. The monoisotopic (exact) mass is 325 g/mol. The Morgan fingerprint density at radius 3 is 2.81 bits per heavy atom. The van der Waals surface area contributed by atoms with Crippen LogP contribution >= 0.6 is 23.2 Å². The lowest BCUT2D eigenvalue weighted by molar-refractivity contribution is 0.146. The van der Waals surface area contributed by atoms with Gasteiger partial charge in [-0.1, -0.05) is 42.2 Å². The van der Waals surface area contributed by atoms with E-state index in [1.807, 2.05) is 6.07 Å². The van der Waals surface area contributed by atoms with Crippen LogP contribution in [0, 0.1) is 5.41 Å². The lowest BCUT2D eigenvalue weighted by Crippen LogP contribution is -2.39. The Bertz CT molecular complexity index is 654. The summed E-state index contributed by atoms with van der Waals surface area (Å²) in [5.41, 5.74) is 0.896. The van der Waals surface area contributed by atoms with Gasteiger partial charge in [0.1, 0.15) is 0 Å². The summed E-state index contributed by atoms with van der Waals surface area (Å²) in [6.07, 6.45) is 2.30. The summed E-state index contributed by atoms with van der Waals surface area (Å²) in [7, 11) is 0. The van der Waals surface area contributed by atoms with Gasteiger partial charge in [-0.15, -0.1) is 0 Å². The Kier molecular flexibility index (Phi) is 3.95. The highest BCUT2D eigenvalue weighted by Crippen LogP contribution is 2.39. The molecular formula is C15H17Cl2N3O. The molecule has 0 spiro atoms. The standard InChI is InChI=1S/C15H17Cl2N3O/c1-15(2)6-3-7-18-12(15)14-19-13(20-21-14)9-4-5-10(16)11(17)8-9/h4-5,8,12,18H,3,6-7H2,1-2H3. The minimum Gasteiger partial charge on any atom is -0.337 e. The topological polar surface area (TPSA) is 51.0 Å². The van der Waals surface area contributed by atoms with E-state index in [0.29, 0.717) is 21.8 Å². The van der Waals surface area contributed by atoms with Gasteiger partial charge in [-0.05, 0) is 43.0 Å². The smallest absolute Gasteiger partial charge is 0.244 e. The zero-order valence-corrected chi connectivity index (χ0v) is 13.5. The molecule has 1 atom stereocenters. The molecule has 0 bridgehead atoms. The fourth-order valence-electron chi connectivity index (χ4n) is 2.74. The second-order valence-electron chi connectivity index (χ2n) is 6.06. The molecule has 0 radical (unpaired) electrons. The van der Waals surface area contributed by atoms with Crippen LogP contribution in [0.1, 0.15) is 38.6 Å². The van der Waals surface area contributed by atoms with Crippen molar-refractivity contribution in [1.29, 1.82) is 0 Å². The molecule has 4 nitrogen and oxygen atoms in total. The number of piperidine rings is 1. The van der Waals surface area contributed by atoms with Gasteiger partial charge >= 0.3 is 0 Å². The summed E-state index contributed by atoms with van der Waals surface area (Å²) < 4.78 is 5.46. The van der Waals surface area contributed by atoms with Crippen molar-refractivity contribution in [1.82, 2.24) is 15.5 Å². The second-order valence-corrected chi connectivity index (χ2v) is 6.88. The molecule has 2 aromatic rings. The third kappa shape index (κ3) is 2.93. The van der Waals surface area contributed by atoms with E-state index in [9.17, 15) is 0 Å². The van der Waals surface area contributed by atoms with Crippen molar-refractivity contribution in [3.05, 3.63) is 34.1 Å². The number of hydrogen-bond donors (Lipinski definition) is 1. The Hall–Kier alpha value is -1.10. The molecule has 1 fully saturated rings. The minimum absolute atomic E-state index is 0.0790. The number of aromatic nitrogens is 2. The molecule has 21 heavy (non-hydrogen) atoms. The van der Waals surface area contributed by atoms with Crippen LogP contribution in [0.15, 0.2) is 22.7 Å². The van der Waals surface area contributed by atoms with E-state index in [4.69, 9.17) is 27.7 Å². The minimum atomic E-state index is 0.0790. The van der Waals surface area contributed by atoms with Crippen LogP contribution in [-0.4, -0.2) is 16.7 Å². The fourth-order valence-corrected chi connectivity index (χ4v) is 3.04. The van der Waals surface area contributed by atoms with Gasteiger partial charge in [-0.2, -0.15) is 4.98 Å². The van der Waals surface area contributed by atoms with Gasteiger partial charge < -0.3 is 9.84 Å². The molecule has 1 saturated heterocycles. The van der Waals surface area contributed by atoms with E-state index in [-0.39, 0.29) is 11.5 Å². The predicted molar refractivity (Wildman–Crippen MR) is 83.5 cm³/mol. The normalized spacial score (nSPS) is 21.4. The third-order valence-corrected chi connectivity index (χ3v) is 4.73. The summed E-state index contributed by atoms with van der Waals surface area (Å²) in [5.74, 6) is 1.16. The number of hydrogen-bond acceptors (Lipinski definition) is 4. The number of halogens is 2. The van der Waals surface area contributed by atoms with Crippen molar-refractivity contribution in [2.24, 2.45) is 5.41 Å². The summed E-state index contributed by atoms with van der Waals surface area (Å²) in [4.78, 5) is 4.53. The first-order chi connectivity index (χ1) is 9.97. The first-order valence-corrected chi connectivity index (χ1v) is 7.75. The average Bonchev–Trinajstić information content (AvgIpc) is 2.91. The van der Waals surface area contributed by atoms with Gasteiger partial charge in [0.2, 0.25) is 11.7 Å². The van der Waals surface area contributed by atoms with Gasteiger partial charge in [0.15, 0.2) is 0 Å². The van der Waals surface area contributed by atoms with Crippen LogP contribution in [0.25, 0.3) is 11.4 Å². The van der Waals surface area contributed by atoms with Crippen LogP contribution in [-0.2, 0) is 0 Å². The molecule has 2 heterocycles. The number of benzene rings is 1. The zero-order chi connectivity index (χ0) is 15.0. The maximum atomic E-state index is 6.03. The molecule has 0 aliphatic carbocycles. The van der Waals surface area contributed by atoms with E-state index in [0.717, 1.165) is 24.9 Å². The Morgan fingerprint density at radius 1 is 1.29 bits per heavy atom. The first kappa shape index (κ1) is 14.8. The Balaban J connectivity index is 1.90. The maximum absolute atomic E-state index is 6.03. The molecule has 1 N–H and O–H groups in total. The lowest BCUT2D eigenvalue weighted by Gasteiger charge is -2.36. The van der Waals surface area contributed by atoms with Gasteiger partial charge in [0.05, 0.1) is 16.1 Å². The van der Waals surface area contributed by atoms with Crippen LogP contribution in [0.4, 0.5) is 0 Å². The quantitative estimate of drug-likeness (QED) is 0.883. The van der Waals surface area contributed by atoms with Crippen molar-refractivity contribution in [3.63, 3.8) is 0 Å². The Morgan fingerprint density at radius 2 is 2.10 bits per heavy atom. The van der Waals surface area contributed by atoms with Gasteiger partial charge in [0.25, 0.3) is 0 Å². The molecule has 1 unspecified atom stereocenters. The van der Waals surface area contributed by atoms with Crippen molar-refractivity contribution in [3.8, 4) is 11.4 Å². The van der Waals surface area contributed by atoms with E-state index in [1.165, 1.54) is 0 Å². The van der Waals surface area contributed by atoms with Gasteiger partial charge in [-0.25, -0.2) is 0 Å². The predicted octanol–water partition coefficient (Wildman–Crippen LogP) is 4.49. The first-order valence-electron chi connectivity index (χ1n) is 7.00. The highest BCUT2D eigenvalue weighted by Gasteiger charge is 2.37. The van der Waals surface area contributed by atoms with Crippen molar-refractivity contribution >= 4 is 23.2 Å².